The number of carbonyl (C=O) groups excluding carboxylic acids is 2. The molecule has 1 N–H and O–H groups in total. The van der Waals surface area contributed by atoms with E-state index in [9.17, 15) is 18.0 Å². The third-order valence-electron chi connectivity index (χ3n) is 5.63. The van der Waals surface area contributed by atoms with Crippen molar-refractivity contribution >= 4 is 21.8 Å². The Bertz CT molecular complexity index is 981. The van der Waals surface area contributed by atoms with Gasteiger partial charge in [0.25, 0.3) is 5.91 Å². The van der Waals surface area contributed by atoms with Gasteiger partial charge < -0.3 is 14.6 Å². The van der Waals surface area contributed by atoms with Gasteiger partial charge in [-0.1, -0.05) is 19.3 Å². The molecule has 0 aliphatic heterocycles. The summed E-state index contributed by atoms with van der Waals surface area (Å²) in [5.41, 5.74) is 0.320. The molecule has 1 aliphatic rings. The van der Waals surface area contributed by atoms with Crippen LogP contribution in [0.5, 0.6) is 0 Å². The van der Waals surface area contributed by atoms with Crippen LogP contribution in [0.3, 0.4) is 0 Å². The maximum absolute atomic E-state index is 12.9. The van der Waals surface area contributed by atoms with Crippen LogP contribution in [-0.2, 0) is 21.4 Å². The average Bonchev–Trinajstić information content (AvgIpc) is 3.31. The lowest BCUT2D eigenvalue weighted by molar-refractivity contribution is -0.121. The van der Waals surface area contributed by atoms with E-state index in [0.29, 0.717) is 11.3 Å². The molecule has 1 heterocycles. The normalized spacial score (nSPS) is 15.1. The van der Waals surface area contributed by atoms with Gasteiger partial charge in [0, 0.05) is 25.7 Å². The van der Waals surface area contributed by atoms with Gasteiger partial charge in [-0.15, -0.1) is 0 Å². The zero-order valence-electron chi connectivity index (χ0n) is 17.9. The average molecular weight is 448 g/mol. The molecule has 168 valence electrons. The van der Waals surface area contributed by atoms with Crippen molar-refractivity contribution in [3.05, 3.63) is 54.0 Å². The molecule has 31 heavy (non-hydrogen) atoms. The molecular formula is C22H29N3O5S. The van der Waals surface area contributed by atoms with Gasteiger partial charge >= 0.3 is 0 Å². The van der Waals surface area contributed by atoms with Crippen LogP contribution in [-0.4, -0.2) is 56.1 Å². The Hall–Kier alpha value is -2.65. The van der Waals surface area contributed by atoms with E-state index in [2.05, 4.69) is 5.32 Å². The van der Waals surface area contributed by atoms with Crippen molar-refractivity contribution in [1.82, 2.24) is 14.5 Å². The Kier molecular flexibility index (Phi) is 7.50. The molecule has 0 bridgehead atoms. The van der Waals surface area contributed by atoms with E-state index >= 15 is 0 Å². The monoisotopic (exact) mass is 447 g/mol. The molecule has 0 radical (unpaired) electrons. The first-order valence-corrected chi connectivity index (χ1v) is 11.9. The van der Waals surface area contributed by atoms with Crippen LogP contribution < -0.4 is 5.32 Å². The molecule has 1 aromatic carbocycles. The summed E-state index contributed by atoms with van der Waals surface area (Å²) in [7, 11) is -0.465. The van der Waals surface area contributed by atoms with Crippen LogP contribution >= 0.6 is 0 Å². The first kappa shape index (κ1) is 23.0. The molecule has 2 aromatic rings. The van der Waals surface area contributed by atoms with Crippen LogP contribution in [0.2, 0.25) is 0 Å². The molecule has 0 saturated heterocycles. The number of nitrogens with zero attached hydrogens (tertiary/aromatic N) is 2. The number of amides is 2. The minimum Gasteiger partial charge on any atom is -0.467 e. The lowest BCUT2D eigenvalue weighted by Gasteiger charge is -2.30. The molecule has 9 heteroatoms. The van der Waals surface area contributed by atoms with Crippen LogP contribution in [0, 0.1) is 0 Å². The van der Waals surface area contributed by atoms with E-state index in [0.717, 1.165) is 32.1 Å². The summed E-state index contributed by atoms with van der Waals surface area (Å²) in [6.45, 7) is 0.124. The third kappa shape index (κ3) is 5.74. The fourth-order valence-electron chi connectivity index (χ4n) is 3.74. The molecule has 1 saturated carbocycles. The largest absolute Gasteiger partial charge is 0.467 e. The van der Waals surface area contributed by atoms with Crippen molar-refractivity contribution in [2.75, 3.05) is 20.6 Å². The van der Waals surface area contributed by atoms with Gasteiger partial charge in [-0.3, -0.25) is 9.59 Å². The zero-order valence-corrected chi connectivity index (χ0v) is 18.7. The van der Waals surface area contributed by atoms with Gasteiger partial charge in [-0.05, 0) is 49.2 Å². The van der Waals surface area contributed by atoms with Gasteiger partial charge in [0.15, 0.2) is 0 Å². The molecule has 0 spiro atoms. The smallest absolute Gasteiger partial charge is 0.254 e. The first-order chi connectivity index (χ1) is 14.8. The number of carbonyl (C=O) groups is 2. The number of likely N-dealkylation sites (N-methyl/N-ethyl adjacent to an activating group) is 1. The maximum atomic E-state index is 12.9. The van der Waals surface area contributed by atoms with Crippen LogP contribution in [0.15, 0.2) is 52.0 Å². The van der Waals surface area contributed by atoms with E-state index in [-0.39, 0.29) is 35.8 Å². The maximum Gasteiger partial charge on any atom is 0.254 e. The predicted octanol–water partition coefficient (Wildman–Crippen LogP) is 2.62. The molecule has 0 unspecified atom stereocenters. The number of rotatable bonds is 8. The first-order valence-electron chi connectivity index (χ1n) is 10.4. The van der Waals surface area contributed by atoms with E-state index in [1.807, 2.05) is 0 Å². The highest BCUT2D eigenvalue weighted by atomic mass is 32.2. The van der Waals surface area contributed by atoms with Crippen molar-refractivity contribution in [3.63, 3.8) is 0 Å². The SMILES string of the molecule is CN(CC(=O)NCc1ccco1)C(=O)c1ccc(S(=O)(=O)N(C)C2CCCCC2)cc1. The quantitative estimate of drug-likeness (QED) is 0.671. The Balaban J connectivity index is 1.59. The van der Waals surface area contributed by atoms with E-state index in [1.54, 1.807) is 19.2 Å². The van der Waals surface area contributed by atoms with Gasteiger partial charge in [0.05, 0.1) is 24.2 Å². The molecule has 3 rings (SSSR count). The van der Waals surface area contributed by atoms with Crippen molar-refractivity contribution in [1.29, 1.82) is 0 Å². The third-order valence-corrected chi connectivity index (χ3v) is 7.56. The Morgan fingerprint density at radius 1 is 1.06 bits per heavy atom. The highest BCUT2D eigenvalue weighted by Gasteiger charge is 2.29. The summed E-state index contributed by atoms with van der Waals surface area (Å²) in [5.74, 6) is -0.0596. The molecule has 0 atom stereocenters. The van der Waals surface area contributed by atoms with Gasteiger partial charge in [0.1, 0.15) is 5.76 Å². The Morgan fingerprint density at radius 3 is 2.35 bits per heavy atom. The summed E-state index contributed by atoms with van der Waals surface area (Å²) < 4.78 is 32.5. The van der Waals surface area contributed by atoms with Gasteiger partial charge in [-0.2, -0.15) is 4.31 Å². The molecule has 2 amide bonds. The summed E-state index contributed by atoms with van der Waals surface area (Å²) in [4.78, 5) is 26.1. The number of hydrogen-bond donors (Lipinski definition) is 1. The van der Waals surface area contributed by atoms with E-state index < -0.39 is 10.0 Å². The molecular weight excluding hydrogens is 418 g/mol. The van der Waals surface area contributed by atoms with Gasteiger partial charge in [0.2, 0.25) is 15.9 Å². The lowest BCUT2D eigenvalue weighted by atomic mass is 9.96. The minimum atomic E-state index is -3.61. The van der Waals surface area contributed by atoms with Crippen molar-refractivity contribution in [2.24, 2.45) is 0 Å². The second-order valence-electron chi connectivity index (χ2n) is 7.85. The topological polar surface area (TPSA) is 99.9 Å². The lowest BCUT2D eigenvalue weighted by Crippen LogP contribution is -2.38. The summed E-state index contributed by atoms with van der Waals surface area (Å²) >= 11 is 0. The predicted molar refractivity (Wildman–Crippen MR) is 116 cm³/mol. The number of hydrogen-bond acceptors (Lipinski definition) is 5. The second kappa shape index (κ2) is 10.1. The minimum absolute atomic E-state index is 0.0193. The van der Waals surface area contributed by atoms with Crippen LogP contribution in [0.4, 0.5) is 0 Å². The fraction of sp³-hybridized carbons (Fsp3) is 0.455. The highest BCUT2D eigenvalue weighted by Crippen LogP contribution is 2.26. The fourth-order valence-corrected chi connectivity index (χ4v) is 5.15. The second-order valence-corrected chi connectivity index (χ2v) is 9.85. The van der Waals surface area contributed by atoms with Gasteiger partial charge in [-0.25, -0.2) is 8.42 Å². The van der Waals surface area contributed by atoms with E-state index in [4.69, 9.17) is 4.42 Å². The van der Waals surface area contributed by atoms with Crippen LogP contribution in [0.25, 0.3) is 0 Å². The molecule has 1 aromatic heterocycles. The summed E-state index contributed by atoms with van der Waals surface area (Å²) in [6.07, 6.45) is 6.50. The molecule has 1 fully saturated rings. The summed E-state index contributed by atoms with van der Waals surface area (Å²) in [5, 5.41) is 2.68. The highest BCUT2D eigenvalue weighted by molar-refractivity contribution is 7.89. The van der Waals surface area contributed by atoms with Crippen molar-refractivity contribution in [3.8, 4) is 0 Å². The number of benzene rings is 1. The summed E-state index contributed by atoms with van der Waals surface area (Å²) in [6, 6.07) is 9.37. The number of sulfonamides is 1. The standard InChI is InChI=1S/C22H29N3O5S/c1-24(16-21(26)23-15-19-9-6-14-30-19)22(27)17-10-12-20(13-11-17)31(28,29)25(2)18-7-4-3-5-8-18/h6,9-14,18H,3-5,7-8,15-16H2,1-2H3,(H,23,26). The van der Waals surface area contributed by atoms with E-state index in [1.165, 1.54) is 46.8 Å². The zero-order chi connectivity index (χ0) is 22.4. The number of furan rings is 1. The van der Waals surface area contributed by atoms with Crippen molar-refractivity contribution < 1.29 is 22.4 Å². The van der Waals surface area contributed by atoms with Crippen molar-refractivity contribution in [2.45, 2.75) is 49.6 Å². The van der Waals surface area contributed by atoms with Crippen LogP contribution in [0.1, 0.15) is 48.2 Å². The molecule has 1 aliphatic carbocycles. The Morgan fingerprint density at radius 2 is 1.74 bits per heavy atom. The molecule has 8 nitrogen and oxygen atoms in total. The Labute approximate surface area is 183 Å². The number of nitrogens with one attached hydrogen (secondary N) is 1.